The number of aromatic nitrogens is 1. The minimum absolute atomic E-state index is 0.665. The van der Waals surface area contributed by atoms with Crippen LogP contribution in [0, 0.1) is 0 Å². The van der Waals surface area contributed by atoms with E-state index in [1.807, 2.05) is 23.7 Å². The van der Waals surface area contributed by atoms with Crippen molar-refractivity contribution in [3.8, 4) is 0 Å². The largest absolute Gasteiger partial charge is 0.466 e. The number of hydrogen-bond acceptors (Lipinski definition) is 4. The molecule has 0 aliphatic heterocycles. The molecular formula is C12H9BrN2OS. The van der Waals surface area contributed by atoms with Crippen molar-refractivity contribution in [2.24, 2.45) is 0 Å². The van der Waals surface area contributed by atoms with Gasteiger partial charge in [0.15, 0.2) is 0 Å². The van der Waals surface area contributed by atoms with Crippen LogP contribution in [0.15, 0.2) is 44.9 Å². The second-order valence-electron chi connectivity index (χ2n) is 3.58. The summed E-state index contributed by atoms with van der Waals surface area (Å²) in [5, 5.41) is 3.32. The lowest BCUT2D eigenvalue weighted by Gasteiger charge is -2.04. The van der Waals surface area contributed by atoms with Gasteiger partial charge in [-0.1, -0.05) is 0 Å². The van der Waals surface area contributed by atoms with Crippen molar-refractivity contribution in [1.29, 1.82) is 0 Å². The molecule has 86 valence electrons. The quantitative estimate of drug-likeness (QED) is 0.785. The second kappa shape index (κ2) is 4.50. The molecule has 1 N–H and O–H groups in total. The standard InChI is InChI=1S/C12H9BrN2OS/c13-9-3-4-16-11(9)6-14-8-1-2-10-12(5-8)17-7-15-10/h1-5,7,14H,6H2. The average molecular weight is 309 g/mol. The fourth-order valence-electron chi connectivity index (χ4n) is 1.60. The molecule has 0 bridgehead atoms. The molecule has 0 amide bonds. The number of halogens is 1. The third-order valence-corrected chi connectivity index (χ3v) is 3.97. The zero-order chi connectivity index (χ0) is 11.7. The number of hydrogen-bond donors (Lipinski definition) is 1. The van der Waals surface area contributed by atoms with Crippen LogP contribution < -0.4 is 5.32 Å². The molecule has 0 aliphatic carbocycles. The molecule has 17 heavy (non-hydrogen) atoms. The average Bonchev–Trinajstić information content (AvgIpc) is 2.94. The van der Waals surface area contributed by atoms with Crippen molar-refractivity contribution in [3.05, 3.63) is 46.3 Å². The van der Waals surface area contributed by atoms with Gasteiger partial charge in [0.1, 0.15) is 5.76 Å². The summed E-state index contributed by atoms with van der Waals surface area (Å²) in [6.45, 7) is 0.665. The van der Waals surface area contributed by atoms with E-state index in [1.54, 1.807) is 17.6 Å². The monoisotopic (exact) mass is 308 g/mol. The highest BCUT2D eigenvalue weighted by Gasteiger charge is 2.03. The Bertz CT molecular complexity index is 647. The Morgan fingerprint density at radius 2 is 2.29 bits per heavy atom. The number of benzene rings is 1. The topological polar surface area (TPSA) is 38.1 Å². The van der Waals surface area contributed by atoms with Crippen LogP contribution in [-0.4, -0.2) is 4.98 Å². The van der Waals surface area contributed by atoms with Crippen molar-refractivity contribution >= 4 is 43.2 Å². The Morgan fingerprint density at radius 1 is 1.35 bits per heavy atom. The summed E-state index contributed by atoms with van der Waals surface area (Å²) >= 11 is 5.08. The van der Waals surface area contributed by atoms with Gasteiger partial charge in [-0.3, -0.25) is 0 Å². The summed E-state index contributed by atoms with van der Waals surface area (Å²) in [4.78, 5) is 4.25. The molecule has 3 aromatic rings. The van der Waals surface area contributed by atoms with Gasteiger partial charge in [-0.15, -0.1) is 11.3 Å². The molecule has 3 rings (SSSR count). The molecule has 2 heterocycles. The van der Waals surface area contributed by atoms with Gasteiger partial charge in [0.2, 0.25) is 0 Å². The Morgan fingerprint density at radius 3 is 3.12 bits per heavy atom. The zero-order valence-corrected chi connectivity index (χ0v) is 11.2. The summed E-state index contributed by atoms with van der Waals surface area (Å²) in [6.07, 6.45) is 1.67. The molecular weight excluding hydrogens is 300 g/mol. The van der Waals surface area contributed by atoms with Gasteiger partial charge < -0.3 is 9.73 Å². The van der Waals surface area contributed by atoms with E-state index < -0.39 is 0 Å². The SMILES string of the molecule is Brc1ccoc1CNc1ccc2ncsc2c1. The fraction of sp³-hybridized carbons (Fsp3) is 0.0833. The Balaban J connectivity index is 1.78. The summed E-state index contributed by atoms with van der Waals surface area (Å²) in [5.74, 6) is 0.898. The van der Waals surface area contributed by atoms with E-state index in [9.17, 15) is 0 Å². The van der Waals surface area contributed by atoms with Gasteiger partial charge in [0.05, 0.1) is 33.0 Å². The van der Waals surface area contributed by atoms with Gasteiger partial charge in [0, 0.05) is 5.69 Å². The van der Waals surface area contributed by atoms with Crippen LogP contribution in [0.1, 0.15) is 5.76 Å². The molecule has 0 spiro atoms. The Kier molecular flexibility index (Phi) is 2.86. The van der Waals surface area contributed by atoms with Crippen LogP contribution in [0.4, 0.5) is 5.69 Å². The number of fused-ring (bicyclic) bond motifs is 1. The summed E-state index contributed by atoms with van der Waals surface area (Å²) in [5.41, 5.74) is 3.97. The minimum atomic E-state index is 0.665. The smallest absolute Gasteiger partial charge is 0.136 e. The van der Waals surface area contributed by atoms with Crippen molar-refractivity contribution < 1.29 is 4.42 Å². The molecule has 5 heteroatoms. The fourth-order valence-corrected chi connectivity index (χ4v) is 2.66. The predicted molar refractivity (Wildman–Crippen MR) is 73.4 cm³/mol. The number of anilines is 1. The third-order valence-electron chi connectivity index (χ3n) is 2.48. The first-order valence-corrected chi connectivity index (χ1v) is 6.79. The van der Waals surface area contributed by atoms with Crippen LogP contribution in [0.25, 0.3) is 10.2 Å². The number of furan rings is 1. The van der Waals surface area contributed by atoms with E-state index in [-0.39, 0.29) is 0 Å². The molecule has 0 unspecified atom stereocenters. The van der Waals surface area contributed by atoms with Crippen LogP contribution in [0.5, 0.6) is 0 Å². The van der Waals surface area contributed by atoms with E-state index in [1.165, 1.54) is 4.70 Å². The summed E-state index contributed by atoms with van der Waals surface area (Å²) in [6, 6.07) is 8.04. The number of nitrogens with zero attached hydrogens (tertiary/aromatic N) is 1. The van der Waals surface area contributed by atoms with E-state index >= 15 is 0 Å². The highest BCUT2D eigenvalue weighted by Crippen LogP contribution is 2.23. The molecule has 2 aromatic heterocycles. The van der Waals surface area contributed by atoms with Crippen LogP contribution in [0.3, 0.4) is 0 Å². The molecule has 0 radical (unpaired) electrons. The number of nitrogens with one attached hydrogen (secondary N) is 1. The lowest BCUT2D eigenvalue weighted by atomic mass is 10.3. The highest BCUT2D eigenvalue weighted by atomic mass is 79.9. The molecule has 0 saturated heterocycles. The van der Waals surface area contributed by atoms with E-state index in [0.29, 0.717) is 6.54 Å². The first-order chi connectivity index (χ1) is 8.33. The highest BCUT2D eigenvalue weighted by molar-refractivity contribution is 9.10. The van der Waals surface area contributed by atoms with Crippen molar-refractivity contribution in [2.75, 3.05) is 5.32 Å². The molecule has 0 aliphatic rings. The van der Waals surface area contributed by atoms with Crippen molar-refractivity contribution in [1.82, 2.24) is 4.98 Å². The Labute approximate surface area is 111 Å². The van der Waals surface area contributed by atoms with Crippen LogP contribution >= 0.6 is 27.3 Å². The van der Waals surface area contributed by atoms with Gasteiger partial charge in [-0.2, -0.15) is 0 Å². The molecule has 0 atom stereocenters. The van der Waals surface area contributed by atoms with Crippen molar-refractivity contribution in [2.45, 2.75) is 6.54 Å². The maximum Gasteiger partial charge on any atom is 0.136 e. The summed E-state index contributed by atoms with van der Waals surface area (Å²) < 4.78 is 7.52. The molecule has 0 saturated carbocycles. The maximum absolute atomic E-state index is 5.34. The van der Waals surface area contributed by atoms with E-state index in [2.05, 4.69) is 32.3 Å². The van der Waals surface area contributed by atoms with Gasteiger partial charge >= 0.3 is 0 Å². The third kappa shape index (κ3) is 2.21. The molecule has 1 aromatic carbocycles. The zero-order valence-electron chi connectivity index (χ0n) is 8.81. The van der Waals surface area contributed by atoms with Crippen LogP contribution in [-0.2, 0) is 6.54 Å². The number of thiazole rings is 1. The second-order valence-corrected chi connectivity index (χ2v) is 5.32. The molecule has 3 nitrogen and oxygen atoms in total. The maximum atomic E-state index is 5.34. The van der Waals surface area contributed by atoms with Gasteiger partial charge in [-0.25, -0.2) is 4.98 Å². The van der Waals surface area contributed by atoms with Crippen LogP contribution in [0.2, 0.25) is 0 Å². The normalized spacial score (nSPS) is 10.9. The predicted octanol–water partition coefficient (Wildman–Crippen LogP) is 4.26. The van der Waals surface area contributed by atoms with Gasteiger partial charge in [-0.05, 0) is 40.2 Å². The molecule has 0 fully saturated rings. The first kappa shape index (κ1) is 10.8. The summed E-state index contributed by atoms with van der Waals surface area (Å²) in [7, 11) is 0. The Hall–Kier alpha value is -1.33. The van der Waals surface area contributed by atoms with E-state index in [0.717, 1.165) is 21.4 Å². The lowest BCUT2D eigenvalue weighted by molar-refractivity contribution is 0.516. The minimum Gasteiger partial charge on any atom is -0.466 e. The van der Waals surface area contributed by atoms with E-state index in [4.69, 9.17) is 4.42 Å². The first-order valence-electron chi connectivity index (χ1n) is 5.12. The van der Waals surface area contributed by atoms with Crippen molar-refractivity contribution in [3.63, 3.8) is 0 Å². The van der Waals surface area contributed by atoms with Gasteiger partial charge in [0.25, 0.3) is 0 Å². The number of rotatable bonds is 3. The lowest BCUT2D eigenvalue weighted by Crippen LogP contribution is -1.98.